The van der Waals surface area contributed by atoms with Crippen molar-refractivity contribution in [3.63, 3.8) is 0 Å². The van der Waals surface area contributed by atoms with Crippen molar-refractivity contribution >= 4 is 22.4 Å². The summed E-state index contributed by atoms with van der Waals surface area (Å²) in [6, 6.07) is 15.3. The Bertz CT molecular complexity index is 675. The topological polar surface area (TPSA) is 37.4 Å². The lowest BCUT2D eigenvalue weighted by molar-refractivity contribution is -0.117. The van der Waals surface area contributed by atoms with E-state index in [4.69, 9.17) is 0 Å². The predicted molar refractivity (Wildman–Crippen MR) is 87.6 cm³/mol. The fourth-order valence-corrected chi connectivity index (χ4v) is 3.23. The molecule has 0 bridgehead atoms. The summed E-state index contributed by atoms with van der Waals surface area (Å²) in [6.07, 6.45) is 0. The maximum Gasteiger partial charge on any atom is 0.242 e. The van der Waals surface area contributed by atoms with Crippen molar-refractivity contribution < 1.29 is 13.4 Å². The number of rotatable bonds is 5. The summed E-state index contributed by atoms with van der Waals surface area (Å²) in [5, 5.41) is -0.704. The third kappa shape index (κ3) is 3.80. The normalized spacial score (nSPS) is 13.4. The second-order valence-electron chi connectivity index (χ2n) is 4.99. The fourth-order valence-electron chi connectivity index (χ4n) is 2.06. The van der Waals surface area contributed by atoms with Crippen LogP contribution in [-0.2, 0) is 21.3 Å². The number of hydrogen-bond acceptors (Lipinski definition) is 2. The smallest absolute Gasteiger partial charge is 0.242 e. The first-order valence-corrected chi connectivity index (χ1v) is 8.32. The SMILES string of the molecule is C[C@H](C(=O)N(C)c1ccccc1)[S@@](=O)Cc1ccccc1F. The first-order chi connectivity index (χ1) is 10.5. The zero-order chi connectivity index (χ0) is 16.1. The molecule has 0 aromatic heterocycles. The maximum absolute atomic E-state index is 13.6. The molecule has 0 spiro atoms. The Hall–Kier alpha value is -2.01. The van der Waals surface area contributed by atoms with E-state index in [1.165, 1.54) is 11.0 Å². The van der Waals surface area contributed by atoms with Crippen LogP contribution in [0.15, 0.2) is 54.6 Å². The highest BCUT2D eigenvalue weighted by Crippen LogP contribution is 2.16. The van der Waals surface area contributed by atoms with Crippen molar-refractivity contribution in [3.8, 4) is 0 Å². The van der Waals surface area contributed by atoms with Gasteiger partial charge in [-0.3, -0.25) is 9.00 Å². The minimum Gasteiger partial charge on any atom is -0.314 e. The van der Waals surface area contributed by atoms with Crippen molar-refractivity contribution in [2.75, 3.05) is 11.9 Å². The van der Waals surface area contributed by atoms with Crippen LogP contribution in [0.4, 0.5) is 10.1 Å². The Kier molecular flexibility index (Phi) is 5.44. The van der Waals surface area contributed by atoms with Gasteiger partial charge < -0.3 is 4.90 Å². The van der Waals surface area contributed by atoms with E-state index in [1.54, 1.807) is 32.2 Å². The van der Waals surface area contributed by atoms with Crippen molar-refractivity contribution in [2.45, 2.75) is 17.9 Å². The van der Waals surface area contributed by atoms with Crippen LogP contribution in [-0.4, -0.2) is 22.4 Å². The van der Waals surface area contributed by atoms with Gasteiger partial charge in [0.25, 0.3) is 0 Å². The van der Waals surface area contributed by atoms with Crippen molar-refractivity contribution in [3.05, 3.63) is 66.0 Å². The molecule has 0 saturated carbocycles. The molecule has 2 atom stereocenters. The van der Waals surface area contributed by atoms with Gasteiger partial charge in [-0.2, -0.15) is 0 Å². The molecule has 0 heterocycles. The number of benzene rings is 2. The van der Waals surface area contributed by atoms with Gasteiger partial charge in [-0.15, -0.1) is 0 Å². The average molecular weight is 319 g/mol. The number of nitrogens with zero attached hydrogens (tertiary/aromatic N) is 1. The standard InChI is InChI=1S/C17H18FNO2S/c1-13(17(20)19(2)15-9-4-3-5-10-15)22(21)12-14-8-6-7-11-16(14)18/h3-11,13H,12H2,1-2H3/t13-,22+/m1/s1. The summed E-state index contributed by atoms with van der Waals surface area (Å²) in [6.45, 7) is 1.61. The van der Waals surface area contributed by atoms with Gasteiger partial charge in [-0.1, -0.05) is 36.4 Å². The minimum atomic E-state index is -1.48. The van der Waals surface area contributed by atoms with Crippen LogP contribution in [0.1, 0.15) is 12.5 Å². The molecule has 5 heteroatoms. The van der Waals surface area contributed by atoms with Gasteiger partial charge in [-0.25, -0.2) is 4.39 Å². The van der Waals surface area contributed by atoms with E-state index in [1.807, 2.05) is 30.3 Å². The second-order valence-corrected chi connectivity index (χ2v) is 6.75. The number of para-hydroxylation sites is 1. The number of carbonyl (C=O) groups excluding carboxylic acids is 1. The van der Waals surface area contributed by atoms with Crippen LogP contribution in [0.5, 0.6) is 0 Å². The Morgan fingerprint density at radius 2 is 1.73 bits per heavy atom. The van der Waals surface area contributed by atoms with E-state index >= 15 is 0 Å². The van der Waals surface area contributed by atoms with Crippen LogP contribution in [0.2, 0.25) is 0 Å². The van der Waals surface area contributed by atoms with E-state index < -0.39 is 21.9 Å². The quantitative estimate of drug-likeness (QED) is 0.849. The van der Waals surface area contributed by atoms with Crippen LogP contribution in [0, 0.1) is 5.82 Å². The van der Waals surface area contributed by atoms with Gasteiger partial charge in [-0.05, 0) is 25.1 Å². The molecule has 0 aliphatic carbocycles. The first-order valence-electron chi connectivity index (χ1n) is 6.94. The third-order valence-electron chi connectivity index (χ3n) is 3.47. The summed E-state index contributed by atoms with van der Waals surface area (Å²) < 4.78 is 25.9. The van der Waals surface area contributed by atoms with E-state index in [2.05, 4.69) is 0 Å². The molecular weight excluding hydrogens is 301 g/mol. The van der Waals surface area contributed by atoms with Crippen LogP contribution in [0.25, 0.3) is 0 Å². The van der Waals surface area contributed by atoms with E-state index in [0.717, 1.165) is 5.69 Å². The molecular formula is C17H18FNO2S. The number of amides is 1. The van der Waals surface area contributed by atoms with E-state index in [9.17, 15) is 13.4 Å². The highest BCUT2D eigenvalue weighted by molar-refractivity contribution is 7.85. The highest BCUT2D eigenvalue weighted by atomic mass is 32.2. The largest absolute Gasteiger partial charge is 0.314 e. The summed E-state index contributed by atoms with van der Waals surface area (Å²) in [5.41, 5.74) is 1.10. The molecule has 0 unspecified atom stereocenters. The van der Waals surface area contributed by atoms with Gasteiger partial charge in [0.05, 0.1) is 5.75 Å². The Morgan fingerprint density at radius 3 is 2.36 bits per heavy atom. The lowest BCUT2D eigenvalue weighted by atomic mass is 10.2. The minimum absolute atomic E-state index is 0.0300. The van der Waals surface area contributed by atoms with Crippen LogP contribution >= 0.6 is 0 Å². The summed E-state index contributed by atoms with van der Waals surface area (Å²) in [4.78, 5) is 13.9. The summed E-state index contributed by atoms with van der Waals surface area (Å²) in [5.74, 6) is -0.616. The highest BCUT2D eigenvalue weighted by Gasteiger charge is 2.24. The lowest BCUT2D eigenvalue weighted by Gasteiger charge is -2.21. The summed E-state index contributed by atoms with van der Waals surface area (Å²) >= 11 is 0. The maximum atomic E-state index is 13.6. The monoisotopic (exact) mass is 319 g/mol. The number of carbonyl (C=O) groups is 1. The molecule has 22 heavy (non-hydrogen) atoms. The number of halogens is 1. The number of anilines is 1. The Balaban J connectivity index is 2.07. The second kappa shape index (κ2) is 7.31. The Labute approximate surface area is 132 Å². The molecule has 1 amide bonds. The molecule has 0 N–H and O–H groups in total. The first kappa shape index (κ1) is 16.4. The molecule has 116 valence electrons. The van der Waals surface area contributed by atoms with Crippen LogP contribution < -0.4 is 4.90 Å². The van der Waals surface area contributed by atoms with Gasteiger partial charge >= 0.3 is 0 Å². The number of hydrogen-bond donors (Lipinski definition) is 0. The zero-order valence-corrected chi connectivity index (χ0v) is 13.3. The zero-order valence-electron chi connectivity index (χ0n) is 12.5. The van der Waals surface area contributed by atoms with Crippen molar-refractivity contribution in [2.24, 2.45) is 0 Å². The van der Waals surface area contributed by atoms with Crippen molar-refractivity contribution in [1.82, 2.24) is 0 Å². The van der Waals surface area contributed by atoms with Crippen molar-refractivity contribution in [1.29, 1.82) is 0 Å². The molecule has 2 rings (SSSR count). The molecule has 0 fully saturated rings. The van der Waals surface area contributed by atoms with E-state index in [0.29, 0.717) is 5.56 Å². The van der Waals surface area contributed by atoms with Gasteiger partial charge in [0.15, 0.2) is 0 Å². The molecule has 2 aromatic carbocycles. The molecule has 0 aliphatic rings. The predicted octanol–water partition coefficient (Wildman–Crippen LogP) is 3.13. The third-order valence-corrected chi connectivity index (χ3v) is 5.06. The summed E-state index contributed by atoms with van der Waals surface area (Å²) in [7, 11) is 0.166. The van der Waals surface area contributed by atoms with E-state index in [-0.39, 0.29) is 11.7 Å². The lowest BCUT2D eigenvalue weighted by Crippen LogP contribution is -2.37. The van der Waals surface area contributed by atoms with Crippen LogP contribution in [0.3, 0.4) is 0 Å². The molecule has 0 saturated heterocycles. The molecule has 0 aliphatic heterocycles. The Morgan fingerprint density at radius 1 is 1.14 bits per heavy atom. The van der Waals surface area contributed by atoms with Gasteiger partial charge in [0.2, 0.25) is 5.91 Å². The average Bonchev–Trinajstić information content (AvgIpc) is 2.55. The van der Waals surface area contributed by atoms with Gasteiger partial charge in [0.1, 0.15) is 11.1 Å². The van der Waals surface area contributed by atoms with Gasteiger partial charge in [0, 0.05) is 29.1 Å². The molecule has 2 aromatic rings. The fraction of sp³-hybridized carbons (Fsp3) is 0.235. The molecule has 3 nitrogen and oxygen atoms in total. The molecule has 0 radical (unpaired) electrons.